The number of anilines is 1. The van der Waals surface area contributed by atoms with Crippen molar-refractivity contribution >= 4 is 23.5 Å². The first-order valence-corrected chi connectivity index (χ1v) is 8.76. The highest BCUT2D eigenvalue weighted by molar-refractivity contribution is 7.99. The van der Waals surface area contributed by atoms with Crippen LogP contribution in [0, 0.1) is 6.92 Å². The molecule has 1 amide bonds. The average Bonchev–Trinajstić information content (AvgIpc) is 3.00. The monoisotopic (exact) mass is 393 g/mol. The van der Waals surface area contributed by atoms with E-state index in [1.54, 1.807) is 17.7 Å². The maximum Gasteiger partial charge on any atom is 0.433 e. The summed E-state index contributed by atoms with van der Waals surface area (Å²) < 4.78 is 39.6. The third-order valence-electron chi connectivity index (χ3n) is 3.36. The molecule has 2 aromatic heterocycles. The molecule has 3 aromatic rings. The second-order valence-corrected chi connectivity index (χ2v) is 6.42. The van der Waals surface area contributed by atoms with E-state index in [1.807, 2.05) is 30.3 Å². The highest BCUT2D eigenvalue weighted by Crippen LogP contribution is 2.28. The summed E-state index contributed by atoms with van der Waals surface area (Å²) in [6.45, 7) is 1.79. The largest absolute Gasteiger partial charge is 0.433 e. The molecule has 0 saturated carbocycles. The van der Waals surface area contributed by atoms with Gasteiger partial charge in [-0.2, -0.15) is 18.3 Å². The molecule has 10 heteroatoms. The molecule has 0 bridgehead atoms. The molecular formula is C17H14F3N5OS. The topological polar surface area (TPSA) is 72.7 Å². The number of hydrogen-bond donors (Lipinski definition) is 1. The summed E-state index contributed by atoms with van der Waals surface area (Å²) in [5.74, 6) is -0.0762. The third-order valence-corrected chi connectivity index (χ3v) is 4.22. The van der Waals surface area contributed by atoms with Crippen molar-refractivity contribution in [2.45, 2.75) is 18.3 Å². The maximum atomic E-state index is 12.7. The number of hydrogen-bond acceptors (Lipinski definition) is 5. The van der Waals surface area contributed by atoms with E-state index < -0.39 is 17.8 Å². The molecule has 27 heavy (non-hydrogen) atoms. The van der Waals surface area contributed by atoms with Gasteiger partial charge in [-0.05, 0) is 25.1 Å². The van der Waals surface area contributed by atoms with E-state index in [9.17, 15) is 18.0 Å². The Bertz CT molecular complexity index is 943. The van der Waals surface area contributed by atoms with Crippen molar-refractivity contribution in [1.29, 1.82) is 0 Å². The van der Waals surface area contributed by atoms with Crippen molar-refractivity contribution in [1.82, 2.24) is 19.7 Å². The fourth-order valence-corrected chi connectivity index (χ4v) is 2.86. The van der Waals surface area contributed by atoms with Gasteiger partial charge in [-0.3, -0.25) is 4.79 Å². The molecule has 0 aliphatic heterocycles. The summed E-state index contributed by atoms with van der Waals surface area (Å²) in [7, 11) is 0. The summed E-state index contributed by atoms with van der Waals surface area (Å²) in [6.07, 6.45) is -3.54. The zero-order valence-corrected chi connectivity index (χ0v) is 14.9. The number of aryl methyl sites for hydroxylation is 1. The Labute approximate surface area is 156 Å². The van der Waals surface area contributed by atoms with Crippen LogP contribution in [-0.4, -0.2) is 31.4 Å². The van der Waals surface area contributed by atoms with Crippen LogP contribution in [0.15, 0.2) is 53.8 Å². The predicted octanol–water partition coefficient (Wildman–Crippen LogP) is 3.72. The number of alkyl halides is 3. The van der Waals surface area contributed by atoms with Gasteiger partial charge in [-0.25, -0.2) is 14.6 Å². The fraction of sp³-hybridized carbons (Fsp3) is 0.176. The molecule has 0 spiro atoms. The molecule has 0 aliphatic carbocycles. The number of nitrogens with one attached hydrogen (secondary N) is 1. The Balaban J connectivity index is 1.67. The highest BCUT2D eigenvalue weighted by atomic mass is 32.2. The fourth-order valence-electron chi connectivity index (χ4n) is 2.23. The third kappa shape index (κ3) is 4.85. The van der Waals surface area contributed by atoms with Gasteiger partial charge in [0, 0.05) is 12.3 Å². The normalized spacial score (nSPS) is 11.4. The van der Waals surface area contributed by atoms with E-state index in [4.69, 9.17) is 0 Å². The summed E-state index contributed by atoms with van der Waals surface area (Å²) in [5, 5.41) is 6.93. The Morgan fingerprint density at radius 3 is 2.67 bits per heavy atom. The standard InChI is InChI=1S/C17H14F3N5OS/c1-11-9-14(25(24-11)12-5-3-2-4-6-12)23-15(26)10-27-16-21-8-7-13(22-16)17(18,19)20/h2-9H,10H2,1H3,(H,23,26). The van der Waals surface area contributed by atoms with Gasteiger partial charge in [0.15, 0.2) is 5.16 Å². The van der Waals surface area contributed by atoms with E-state index in [0.29, 0.717) is 11.5 Å². The van der Waals surface area contributed by atoms with Crippen molar-refractivity contribution in [3.8, 4) is 5.69 Å². The number of amides is 1. The number of aromatic nitrogens is 4. The molecular weight excluding hydrogens is 379 g/mol. The number of rotatable bonds is 5. The molecule has 0 unspecified atom stereocenters. The molecule has 1 aromatic carbocycles. The van der Waals surface area contributed by atoms with Crippen LogP contribution in [0.2, 0.25) is 0 Å². The SMILES string of the molecule is Cc1cc(NC(=O)CSc2nccc(C(F)(F)F)n2)n(-c2ccccc2)n1. The lowest BCUT2D eigenvalue weighted by atomic mass is 10.3. The molecule has 0 saturated heterocycles. The van der Waals surface area contributed by atoms with Crippen LogP contribution in [0.4, 0.5) is 19.0 Å². The van der Waals surface area contributed by atoms with Crippen molar-refractivity contribution in [2.75, 3.05) is 11.1 Å². The van der Waals surface area contributed by atoms with Crippen LogP contribution >= 0.6 is 11.8 Å². The van der Waals surface area contributed by atoms with Crippen molar-refractivity contribution < 1.29 is 18.0 Å². The van der Waals surface area contributed by atoms with Gasteiger partial charge in [0.25, 0.3) is 0 Å². The Kier molecular flexibility index (Phi) is 5.45. The number of nitrogens with zero attached hydrogens (tertiary/aromatic N) is 4. The van der Waals surface area contributed by atoms with Gasteiger partial charge in [-0.15, -0.1) is 0 Å². The van der Waals surface area contributed by atoms with Crippen LogP contribution in [-0.2, 0) is 11.0 Å². The second kappa shape index (κ2) is 7.78. The molecule has 0 aliphatic rings. The number of benzene rings is 1. The Morgan fingerprint density at radius 2 is 1.96 bits per heavy atom. The van der Waals surface area contributed by atoms with Gasteiger partial charge in [0.1, 0.15) is 11.5 Å². The van der Waals surface area contributed by atoms with E-state index in [-0.39, 0.29) is 10.9 Å². The molecule has 140 valence electrons. The minimum absolute atomic E-state index is 0.118. The first-order valence-electron chi connectivity index (χ1n) is 7.78. The lowest BCUT2D eigenvalue weighted by Gasteiger charge is -2.09. The molecule has 2 heterocycles. The number of halogens is 3. The van der Waals surface area contributed by atoms with Gasteiger partial charge < -0.3 is 5.32 Å². The molecule has 0 fully saturated rings. The Hall–Kier alpha value is -2.88. The summed E-state index contributed by atoms with van der Waals surface area (Å²) in [4.78, 5) is 19.4. The van der Waals surface area contributed by atoms with E-state index in [1.165, 1.54) is 0 Å². The number of carbonyl (C=O) groups is 1. The lowest BCUT2D eigenvalue weighted by molar-refractivity contribution is -0.141. The number of para-hydroxylation sites is 1. The van der Waals surface area contributed by atoms with Crippen LogP contribution in [0.1, 0.15) is 11.4 Å². The number of carbonyl (C=O) groups excluding carboxylic acids is 1. The van der Waals surface area contributed by atoms with Crippen LogP contribution < -0.4 is 5.32 Å². The van der Waals surface area contributed by atoms with Crippen molar-refractivity contribution in [2.24, 2.45) is 0 Å². The first-order chi connectivity index (χ1) is 12.8. The van der Waals surface area contributed by atoms with E-state index >= 15 is 0 Å². The molecule has 1 N–H and O–H groups in total. The van der Waals surface area contributed by atoms with Crippen molar-refractivity contribution in [3.05, 3.63) is 60.0 Å². The molecule has 0 atom stereocenters. The lowest BCUT2D eigenvalue weighted by Crippen LogP contribution is -2.17. The van der Waals surface area contributed by atoms with Gasteiger partial charge in [-0.1, -0.05) is 30.0 Å². The van der Waals surface area contributed by atoms with Gasteiger partial charge >= 0.3 is 6.18 Å². The quantitative estimate of drug-likeness (QED) is 0.528. The summed E-state index contributed by atoms with van der Waals surface area (Å²) in [6, 6.07) is 11.7. The smallest absolute Gasteiger partial charge is 0.310 e. The Morgan fingerprint density at radius 1 is 1.22 bits per heavy atom. The summed E-state index contributed by atoms with van der Waals surface area (Å²) in [5.41, 5.74) is 0.441. The maximum absolute atomic E-state index is 12.7. The van der Waals surface area contributed by atoms with Crippen molar-refractivity contribution in [3.63, 3.8) is 0 Å². The summed E-state index contributed by atoms with van der Waals surface area (Å²) >= 11 is 0.823. The minimum Gasteiger partial charge on any atom is -0.310 e. The zero-order chi connectivity index (χ0) is 19.4. The predicted molar refractivity (Wildman–Crippen MR) is 94.7 cm³/mol. The minimum atomic E-state index is -4.56. The average molecular weight is 393 g/mol. The van der Waals surface area contributed by atoms with Crippen LogP contribution in [0.25, 0.3) is 5.69 Å². The zero-order valence-electron chi connectivity index (χ0n) is 14.1. The van der Waals surface area contributed by atoms with Gasteiger partial charge in [0.2, 0.25) is 5.91 Å². The molecule has 0 radical (unpaired) electrons. The molecule has 6 nitrogen and oxygen atoms in total. The molecule has 3 rings (SSSR count). The first kappa shape index (κ1) is 18.9. The van der Waals surface area contributed by atoms with Crippen LogP contribution in [0.5, 0.6) is 0 Å². The van der Waals surface area contributed by atoms with Gasteiger partial charge in [0.05, 0.1) is 17.1 Å². The second-order valence-electron chi connectivity index (χ2n) is 5.48. The van der Waals surface area contributed by atoms with Crippen LogP contribution in [0.3, 0.4) is 0 Å². The number of thioether (sulfide) groups is 1. The highest BCUT2D eigenvalue weighted by Gasteiger charge is 2.32. The van der Waals surface area contributed by atoms with E-state index in [0.717, 1.165) is 29.7 Å². The van der Waals surface area contributed by atoms with E-state index in [2.05, 4.69) is 20.4 Å².